The minimum absolute atomic E-state index is 0.0456. The Labute approximate surface area is 162 Å². The molecule has 152 valence electrons. The first kappa shape index (κ1) is 21.9. The maximum atomic E-state index is 14.3. The second-order valence-corrected chi connectivity index (χ2v) is 6.35. The van der Waals surface area contributed by atoms with E-state index < -0.39 is 30.1 Å². The molecule has 0 saturated heterocycles. The second-order valence-electron chi connectivity index (χ2n) is 6.35. The molecule has 0 aliphatic carbocycles. The first-order chi connectivity index (χ1) is 13.3. The fourth-order valence-electron chi connectivity index (χ4n) is 3.01. The van der Waals surface area contributed by atoms with Crippen LogP contribution in [0.3, 0.4) is 0 Å². The Balaban J connectivity index is 2.52. The van der Waals surface area contributed by atoms with Gasteiger partial charge in [0.2, 0.25) is 5.54 Å². The van der Waals surface area contributed by atoms with E-state index >= 15 is 0 Å². The quantitative estimate of drug-likeness (QED) is 0.651. The Hall–Kier alpha value is -2.38. The Morgan fingerprint density at radius 1 is 1.04 bits per heavy atom. The molecule has 2 aromatic carbocycles. The number of alkyl halides is 3. The van der Waals surface area contributed by atoms with Gasteiger partial charge in [-0.3, -0.25) is 5.32 Å². The van der Waals surface area contributed by atoms with E-state index in [1.807, 2.05) is 0 Å². The third kappa shape index (κ3) is 5.11. The molecule has 0 aromatic heterocycles. The van der Waals surface area contributed by atoms with Crippen LogP contribution in [0.15, 0.2) is 60.7 Å². The fraction of sp³-hybridized carbons (Fsp3) is 0.381. The van der Waals surface area contributed by atoms with Gasteiger partial charge in [-0.2, -0.15) is 13.2 Å². The topological polar surface area (TPSA) is 47.6 Å². The lowest BCUT2D eigenvalue weighted by Crippen LogP contribution is -2.65. The van der Waals surface area contributed by atoms with Gasteiger partial charge in [0, 0.05) is 13.5 Å². The normalized spacial score (nSPS) is 14.9. The summed E-state index contributed by atoms with van der Waals surface area (Å²) in [5.74, 6) is -1.36. The van der Waals surface area contributed by atoms with Crippen LogP contribution in [-0.2, 0) is 20.7 Å². The number of hydrogen-bond donors (Lipinski definition) is 1. The molecule has 2 rings (SSSR count). The van der Waals surface area contributed by atoms with E-state index in [2.05, 4.69) is 5.32 Å². The van der Waals surface area contributed by atoms with Crippen molar-refractivity contribution in [1.82, 2.24) is 5.32 Å². The van der Waals surface area contributed by atoms with E-state index in [-0.39, 0.29) is 13.2 Å². The van der Waals surface area contributed by atoms with Crippen LogP contribution in [0, 0.1) is 0 Å². The number of carbonyl (C=O) groups is 1. The molecule has 0 amide bonds. The number of methoxy groups -OCH3 is 1. The molecule has 0 saturated carbocycles. The van der Waals surface area contributed by atoms with E-state index in [4.69, 9.17) is 9.47 Å². The van der Waals surface area contributed by atoms with E-state index in [0.29, 0.717) is 11.1 Å². The van der Waals surface area contributed by atoms with Gasteiger partial charge in [0.05, 0.1) is 19.3 Å². The monoisotopic (exact) mass is 395 g/mol. The highest BCUT2D eigenvalue weighted by atomic mass is 19.4. The van der Waals surface area contributed by atoms with Crippen molar-refractivity contribution in [2.24, 2.45) is 0 Å². The third-order valence-electron chi connectivity index (χ3n) is 4.38. The Morgan fingerprint density at radius 2 is 1.61 bits per heavy atom. The zero-order valence-electron chi connectivity index (χ0n) is 15.8. The molecule has 7 heteroatoms. The molecule has 0 fully saturated rings. The van der Waals surface area contributed by atoms with Gasteiger partial charge < -0.3 is 9.47 Å². The molecule has 2 aromatic rings. The summed E-state index contributed by atoms with van der Waals surface area (Å²) in [5.41, 5.74) is -1.97. The zero-order valence-corrected chi connectivity index (χ0v) is 15.8. The van der Waals surface area contributed by atoms with Gasteiger partial charge in [0.1, 0.15) is 0 Å². The van der Waals surface area contributed by atoms with Gasteiger partial charge in [-0.1, -0.05) is 60.7 Å². The van der Waals surface area contributed by atoms with E-state index in [1.165, 1.54) is 14.0 Å². The molecule has 0 unspecified atom stereocenters. The number of nitrogens with one attached hydrogen (secondary N) is 1. The van der Waals surface area contributed by atoms with Crippen molar-refractivity contribution in [2.45, 2.75) is 31.1 Å². The predicted molar refractivity (Wildman–Crippen MR) is 99.8 cm³/mol. The zero-order chi connectivity index (χ0) is 20.6. The van der Waals surface area contributed by atoms with Crippen LogP contribution in [0.5, 0.6) is 0 Å². The molecule has 0 spiro atoms. The molecular weight excluding hydrogens is 371 g/mol. The maximum Gasteiger partial charge on any atom is 0.417 e. The van der Waals surface area contributed by atoms with Crippen molar-refractivity contribution >= 4 is 5.97 Å². The number of hydrogen-bond acceptors (Lipinski definition) is 4. The predicted octanol–water partition coefficient (Wildman–Crippen LogP) is 4.07. The highest BCUT2D eigenvalue weighted by molar-refractivity contribution is 5.82. The summed E-state index contributed by atoms with van der Waals surface area (Å²) in [6.07, 6.45) is -5.49. The lowest BCUT2D eigenvalue weighted by atomic mass is 9.88. The minimum Gasteiger partial charge on any atom is -0.464 e. The maximum absolute atomic E-state index is 14.3. The molecule has 0 radical (unpaired) electrons. The van der Waals surface area contributed by atoms with Gasteiger partial charge in [0.15, 0.2) is 0 Å². The van der Waals surface area contributed by atoms with Gasteiger partial charge in [-0.15, -0.1) is 0 Å². The Kier molecular flexibility index (Phi) is 7.60. The smallest absolute Gasteiger partial charge is 0.417 e. The molecular formula is C21H24F3NO3. The Bertz CT molecular complexity index is 738. The highest BCUT2D eigenvalue weighted by Crippen LogP contribution is 2.37. The van der Waals surface area contributed by atoms with Crippen LogP contribution in [-0.4, -0.2) is 38.0 Å². The number of esters is 1. The van der Waals surface area contributed by atoms with Crippen LogP contribution >= 0.6 is 0 Å². The van der Waals surface area contributed by atoms with Crippen molar-refractivity contribution in [1.29, 1.82) is 0 Å². The molecule has 0 aliphatic rings. The van der Waals surface area contributed by atoms with Crippen molar-refractivity contribution in [3.05, 3.63) is 71.8 Å². The molecule has 0 bridgehead atoms. The first-order valence-corrected chi connectivity index (χ1v) is 8.93. The van der Waals surface area contributed by atoms with Gasteiger partial charge in [-0.05, 0) is 18.1 Å². The molecule has 4 nitrogen and oxygen atoms in total. The molecule has 0 aliphatic heterocycles. The number of rotatable bonds is 9. The number of carbonyl (C=O) groups excluding carboxylic acids is 1. The summed E-state index contributed by atoms with van der Waals surface area (Å²) in [5, 5.41) is 2.53. The lowest BCUT2D eigenvalue weighted by molar-refractivity contribution is -0.216. The summed E-state index contributed by atoms with van der Waals surface area (Å²) in [6, 6.07) is 15.8. The largest absolute Gasteiger partial charge is 0.464 e. The van der Waals surface area contributed by atoms with E-state index in [0.717, 1.165) is 0 Å². The highest BCUT2D eigenvalue weighted by Gasteiger charge is 2.62. The first-order valence-electron chi connectivity index (χ1n) is 8.93. The SMILES string of the molecule is CCOC(=O)[C@](Cc1ccccc1)(N[C@@H](COC)c1ccccc1)C(F)(F)F. The van der Waals surface area contributed by atoms with Crippen LogP contribution in [0.1, 0.15) is 24.1 Å². The van der Waals surface area contributed by atoms with E-state index in [1.54, 1.807) is 60.7 Å². The number of benzene rings is 2. The summed E-state index contributed by atoms with van der Waals surface area (Å²) >= 11 is 0. The third-order valence-corrected chi connectivity index (χ3v) is 4.38. The van der Waals surface area contributed by atoms with Crippen LogP contribution in [0.25, 0.3) is 0 Å². The number of halogens is 3. The van der Waals surface area contributed by atoms with Crippen molar-refractivity contribution in [3.63, 3.8) is 0 Å². The van der Waals surface area contributed by atoms with Gasteiger partial charge >= 0.3 is 12.1 Å². The second kappa shape index (κ2) is 9.71. The van der Waals surface area contributed by atoms with Gasteiger partial charge in [-0.25, -0.2) is 4.79 Å². The molecule has 1 N–H and O–H groups in total. The average Bonchev–Trinajstić information content (AvgIpc) is 2.67. The van der Waals surface area contributed by atoms with Crippen molar-refractivity contribution in [3.8, 4) is 0 Å². The van der Waals surface area contributed by atoms with Crippen molar-refractivity contribution in [2.75, 3.05) is 20.3 Å². The summed E-state index contributed by atoms with van der Waals surface area (Å²) in [6.45, 7) is 1.27. The van der Waals surface area contributed by atoms with E-state index in [9.17, 15) is 18.0 Å². The molecule has 28 heavy (non-hydrogen) atoms. The molecule has 2 atom stereocenters. The summed E-state index contributed by atoms with van der Waals surface area (Å²) in [4.78, 5) is 12.6. The van der Waals surface area contributed by atoms with Crippen molar-refractivity contribution < 1.29 is 27.4 Å². The van der Waals surface area contributed by atoms with Gasteiger partial charge in [0.25, 0.3) is 0 Å². The summed E-state index contributed by atoms with van der Waals surface area (Å²) in [7, 11) is 1.40. The van der Waals surface area contributed by atoms with Crippen LogP contribution in [0.2, 0.25) is 0 Å². The van der Waals surface area contributed by atoms with Crippen LogP contribution < -0.4 is 5.32 Å². The average molecular weight is 395 g/mol. The minimum atomic E-state index is -4.89. The lowest BCUT2D eigenvalue weighted by Gasteiger charge is -2.37. The Morgan fingerprint density at radius 3 is 2.11 bits per heavy atom. The number of ether oxygens (including phenoxy) is 2. The molecule has 0 heterocycles. The summed E-state index contributed by atoms with van der Waals surface area (Å²) < 4.78 is 53.0. The fourth-order valence-corrected chi connectivity index (χ4v) is 3.01. The van der Waals surface area contributed by atoms with Crippen LogP contribution in [0.4, 0.5) is 13.2 Å². The standard InChI is InChI=1S/C21H24F3NO3/c1-3-28-19(26)20(21(22,23)24,14-16-10-6-4-7-11-16)25-18(15-27-2)17-12-8-5-9-13-17/h4-13,18,25H,3,14-15H2,1-2H3/t18-,20-/m0/s1.